The molecule has 0 saturated carbocycles. The van der Waals surface area contributed by atoms with Gasteiger partial charge in [-0.2, -0.15) is 5.10 Å². The fraction of sp³-hybridized carbons (Fsp3) is 0.0455. The molecule has 4 aromatic rings. The first-order chi connectivity index (χ1) is 14.1. The van der Waals surface area contributed by atoms with Crippen LogP contribution in [-0.2, 0) is 6.54 Å². The van der Waals surface area contributed by atoms with E-state index in [9.17, 15) is 4.79 Å². The second-order valence-electron chi connectivity index (χ2n) is 6.29. The molecule has 144 valence electrons. The van der Waals surface area contributed by atoms with Crippen LogP contribution in [-0.4, -0.2) is 20.7 Å². The highest BCUT2D eigenvalue weighted by molar-refractivity contribution is 6.42. The van der Waals surface area contributed by atoms with Crippen LogP contribution in [0.15, 0.2) is 79.0 Å². The highest BCUT2D eigenvalue weighted by atomic mass is 35.5. The Labute approximate surface area is 177 Å². The van der Waals surface area contributed by atoms with Crippen molar-refractivity contribution >= 4 is 29.1 Å². The highest BCUT2D eigenvalue weighted by Gasteiger charge is 2.18. The molecule has 0 atom stereocenters. The Morgan fingerprint density at radius 2 is 1.72 bits per heavy atom. The number of rotatable bonds is 5. The summed E-state index contributed by atoms with van der Waals surface area (Å²) < 4.78 is 1.57. The summed E-state index contributed by atoms with van der Waals surface area (Å²) >= 11 is 12.2. The molecule has 0 unspecified atom stereocenters. The molecule has 1 amide bonds. The van der Waals surface area contributed by atoms with Crippen LogP contribution in [0.25, 0.3) is 16.9 Å². The van der Waals surface area contributed by atoms with Gasteiger partial charge in [-0.25, -0.2) is 4.68 Å². The van der Waals surface area contributed by atoms with Gasteiger partial charge >= 0.3 is 0 Å². The summed E-state index contributed by atoms with van der Waals surface area (Å²) in [6, 6.07) is 22.1. The van der Waals surface area contributed by atoms with Crippen LogP contribution >= 0.6 is 23.2 Å². The minimum absolute atomic E-state index is 0.267. The third kappa shape index (κ3) is 4.31. The quantitative estimate of drug-likeness (QED) is 0.482. The van der Waals surface area contributed by atoms with Crippen LogP contribution in [0.4, 0.5) is 0 Å². The Bertz CT molecular complexity index is 1140. The van der Waals surface area contributed by atoms with Gasteiger partial charge in [-0.1, -0.05) is 59.6 Å². The Morgan fingerprint density at radius 1 is 0.931 bits per heavy atom. The SMILES string of the molecule is O=C(NCc1ccccn1)c1cc(-c2ccccc2)nn1-c1ccc(Cl)c(Cl)c1. The zero-order valence-electron chi connectivity index (χ0n) is 15.2. The average molecular weight is 423 g/mol. The van der Waals surface area contributed by atoms with E-state index >= 15 is 0 Å². The number of carbonyl (C=O) groups is 1. The van der Waals surface area contributed by atoms with Crippen molar-refractivity contribution in [1.82, 2.24) is 20.1 Å². The Balaban J connectivity index is 1.71. The first-order valence-corrected chi connectivity index (χ1v) is 9.66. The van der Waals surface area contributed by atoms with Crippen LogP contribution < -0.4 is 5.32 Å². The maximum atomic E-state index is 12.9. The van der Waals surface area contributed by atoms with E-state index < -0.39 is 0 Å². The van der Waals surface area contributed by atoms with Gasteiger partial charge in [-0.05, 0) is 36.4 Å². The van der Waals surface area contributed by atoms with Gasteiger partial charge in [0.05, 0.1) is 33.7 Å². The van der Waals surface area contributed by atoms with Crippen LogP contribution in [0.1, 0.15) is 16.2 Å². The van der Waals surface area contributed by atoms with E-state index in [-0.39, 0.29) is 5.91 Å². The predicted molar refractivity (Wildman–Crippen MR) is 114 cm³/mol. The molecule has 2 aromatic heterocycles. The molecule has 0 aliphatic carbocycles. The van der Waals surface area contributed by atoms with Gasteiger partial charge in [0.15, 0.2) is 0 Å². The number of hydrogen-bond acceptors (Lipinski definition) is 3. The van der Waals surface area contributed by atoms with Crippen molar-refractivity contribution in [1.29, 1.82) is 0 Å². The van der Waals surface area contributed by atoms with Crippen LogP contribution in [0.2, 0.25) is 10.0 Å². The highest BCUT2D eigenvalue weighted by Crippen LogP contribution is 2.27. The first-order valence-electron chi connectivity index (χ1n) is 8.91. The van der Waals surface area contributed by atoms with Gasteiger partial charge in [-0.15, -0.1) is 0 Å². The average Bonchev–Trinajstić information content (AvgIpc) is 3.21. The minimum Gasteiger partial charge on any atom is -0.345 e. The van der Waals surface area contributed by atoms with Crippen LogP contribution in [0.5, 0.6) is 0 Å². The van der Waals surface area contributed by atoms with Crippen molar-refractivity contribution in [2.24, 2.45) is 0 Å². The summed E-state index contributed by atoms with van der Waals surface area (Å²) in [5.74, 6) is -0.267. The molecule has 0 aliphatic rings. The number of halogens is 2. The maximum Gasteiger partial charge on any atom is 0.270 e. The van der Waals surface area contributed by atoms with E-state index in [1.807, 2.05) is 48.5 Å². The molecule has 0 spiro atoms. The molecule has 5 nitrogen and oxygen atoms in total. The van der Waals surface area contributed by atoms with Crippen LogP contribution in [0, 0.1) is 0 Å². The number of pyridine rings is 1. The Morgan fingerprint density at radius 3 is 2.45 bits per heavy atom. The topological polar surface area (TPSA) is 59.8 Å². The van der Waals surface area contributed by atoms with E-state index in [4.69, 9.17) is 23.2 Å². The lowest BCUT2D eigenvalue weighted by Gasteiger charge is -2.09. The van der Waals surface area contributed by atoms with Gasteiger partial charge in [0, 0.05) is 11.8 Å². The summed E-state index contributed by atoms with van der Waals surface area (Å²) in [6.45, 7) is 0.312. The van der Waals surface area contributed by atoms with E-state index in [0.29, 0.717) is 33.7 Å². The zero-order chi connectivity index (χ0) is 20.2. The molecule has 0 saturated heterocycles. The van der Waals surface area contributed by atoms with Crippen molar-refractivity contribution in [2.75, 3.05) is 0 Å². The Hall–Kier alpha value is -3.15. The predicted octanol–water partition coefficient (Wildman–Crippen LogP) is 5.17. The van der Waals surface area contributed by atoms with E-state index in [1.165, 1.54) is 0 Å². The monoisotopic (exact) mass is 422 g/mol. The molecule has 2 aromatic carbocycles. The molecular weight excluding hydrogens is 407 g/mol. The van der Waals surface area contributed by atoms with Crippen molar-refractivity contribution in [3.8, 4) is 16.9 Å². The number of nitrogens with zero attached hydrogens (tertiary/aromatic N) is 3. The smallest absolute Gasteiger partial charge is 0.270 e. The van der Waals surface area contributed by atoms with Gasteiger partial charge < -0.3 is 5.32 Å². The molecule has 0 aliphatic heterocycles. The van der Waals surface area contributed by atoms with Gasteiger partial charge in [-0.3, -0.25) is 9.78 Å². The van der Waals surface area contributed by atoms with Crippen molar-refractivity contribution in [3.05, 3.63) is 100 Å². The largest absolute Gasteiger partial charge is 0.345 e. The van der Waals surface area contributed by atoms with Crippen molar-refractivity contribution in [3.63, 3.8) is 0 Å². The molecular formula is C22H16Cl2N4O. The molecule has 29 heavy (non-hydrogen) atoms. The van der Waals surface area contributed by atoms with Gasteiger partial charge in [0.25, 0.3) is 5.91 Å². The molecule has 0 fully saturated rings. The van der Waals surface area contributed by atoms with Crippen molar-refractivity contribution in [2.45, 2.75) is 6.54 Å². The van der Waals surface area contributed by atoms with E-state index in [2.05, 4.69) is 15.4 Å². The second-order valence-corrected chi connectivity index (χ2v) is 7.11. The number of hydrogen-bond donors (Lipinski definition) is 1. The third-order valence-corrected chi connectivity index (χ3v) is 5.05. The lowest BCUT2D eigenvalue weighted by atomic mass is 10.1. The third-order valence-electron chi connectivity index (χ3n) is 4.32. The fourth-order valence-electron chi connectivity index (χ4n) is 2.87. The maximum absolute atomic E-state index is 12.9. The lowest BCUT2D eigenvalue weighted by molar-refractivity contribution is 0.0942. The molecule has 0 bridgehead atoms. The lowest BCUT2D eigenvalue weighted by Crippen LogP contribution is -2.25. The summed E-state index contributed by atoms with van der Waals surface area (Å²) in [5.41, 5.74) is 3.39. The zero-order valence-corrected chi connectivity index (χ0v) is 16.7. The van der Waals surface area contributed by atoms with Crippen LogP contribution in [0.3, 0.4) is 0 Å². The van der Waals surface area contributed by atoms with Gasteiger partial charge in [0.1, 0.15) is 5.69 Å². The summed E-state index contributed by atoms with van der Waals surface area (Å²) in [7, 11) is 0. The number of carbonyl (C=O) groups excluding carboxylic acids is 1. The fourth-order valence-corrected chi connectivity index (χ4v) is 3.16. The van der Waals surface area contributed by atoms with Crippen molar-refractivity contribution < 1.29 is 4.79 Å². The standard InChI is InChI=1S/C22H16Cl2N4O/c23-18-10-9-17(12-19(18)24)28-21(13-20(27-28)15-6-2-1-3-7-15)22(29)26-14-16-8-4-5-11-25-16/h1-13H,14H2,(H,26,29). The van der Waals surface area contributed by atoms with E-state index in [0.717, 1.165) is 11.3 Å². The summed E-state index contributed by atoms with van der Waals surface area (Å²) in [5, 5.41) is 8.36. The van der Waals surface area contributed by atoms with E-state index in [1.54, 1.807) is 35.1 Å². The minimum atomic E-state index is -0.267. The normalized spacial score (nSPS) is 10.7. The number of benzene rings is 2. The number of nitrogens with one attached hydrogen (secondary N) is 1. The molecule has 4 rings (SSSR count). The van der Waals surface area contributed by atoms with Gasteiger partial charge in [0.2, 0.25) is 0 Å². The molecule has 7 heteroatoms. The number of amides is 1. The molecule has 1 N–H and O–H groups in total. The second kappa shape index (κ2) is 8.47. The summed E-state index contributed by atoms with van der Waals surface area (Å²) in [4.78, 5) is 17.2. The number of aromatic nitrogens is 3. The molecule has 0 radical (unpaired) electrons. The first kappa shape index (κ1) is 19.2. The Kier molecular flexibility index (Phi) is 5.60. The summed E-state index contributed by atoms with van der Waals surface area (Å²) in [6.07, 6.45) is 1.69. The molecule has 2 heterocycles.